The van der Waals surface area contributed by atoms with Crippen molar-refractivity contribution in [1.29, 1.82) is 0 Å². The van der Waals surface area contributed by atoms with Gasteiger partial charge in [-0.3, -0.25) is 14.7 Å². The number of ketones is 1. The number of rotatable bonds is 4. The molecule has 0 radical (unpaired) electrons. The van der Waals surface area contributed by atoms with Crippen LogP contribution in [0.3, 0.4) is 0 Å². The van der Waals surface area contributed by atoms with Crippen LogP contribution in [0, 0.1) is 6.92 Å². The summed E-state index contributed by atoms with van der Waals surface area (Å²) in [6, 6.07) is 7.55. The molecule has 0 aliphatic carbocycles. The van der Waals surface area contributed by atoms with Gasteiger partial charge in [0.1, 0.15) is 5.15 Å². The fourth-order valence-electron chi connectivity index (χ4n) is 3.80. The summed E-state index contributed by atoms with van der Waals surface area (Å²) in [5.74, 6) is 0.133. The molecule has 4 rings (SSSR count). The molecular formula is C20H21ClN4O. The second-order valence-corrected chi connectivity index (χ2v) is 7.15. The third-order valence-electron chi connectivity index (χ3n) is 5.03. The molecule has 3 aromatic heterocycles. The minimum absolute atomic E-state index is 0.133. The molecule has 134 valence electrons. The van der Waals surface area contributed by atoms with E-state index in [0.29, 0.717) is 17.3 Å². The Morgan fingerprint density at radius 1 is 1.15 bits per heavy atom. The van der Waals surface area contributed by atoms with Crippen LogP contribution in [0.25, 0.3) is 16.7 Å². The van der Waals surface area contributed by atoms with E-state index in [9.17, 15) is 4.79 Å². The van der Waals surface area contributed by atoms with Crippen molar-refractivity contribution in [3.8, 4) is 5.69 Å². The SMILES string of the molecule is Cc1c(C(=O)CN2CCCCC2)c2ncccc2n1-c1ccc(Cl)nc1. The first-order valence-electron chi connectivity index (χ1n) is 8.98. The van der Waals surface area contributed by atoms with E-state index in [4.69, 9.17) is 11.6 Å². The van der Waals surface area contributed by atoms with Gasteiger partial charge < -0.3 is 4.57 Å². The molecule has 1 aliphatic heterocycles. The third kappa shape index (κ3) is 3.13. The van der Waals surface area contributed by atoms with Crippen LogP contribution in [0.2, 0.25) is 5.15 Å². The maximum atomic E-state index is 13.1. The van der Waals surface area contributed by atoms with Crippen LogP contribution >= 0.6 is 11.6 Å². The standard InChI is InChI=1S/C20H21ClN4O/c1-14-19(17(26)13-24-10-3-2-4-11-24)20-16(6-5-9-22-20)25(14)15-7-8-18(21)23-12-15/h5-9,12H,2-4,10-11,13H2,1H3. The zero-order valence-electron chi connectivity index (χ0n) is 14.8. The number of pyridine rings is 2. The molecule has 0 saturated carbocycles. The molecule has 0 N–H and O–H groups in total. The van der Waals surface area contributed by atoms with Crippen molar-refractivity contribution in [2.75, 3.05) is 19.6 Å². The van der Waals surface area contributed by atoms with Gasteiger partial charge in [-0.1, -0.05) is 18.0 Å². The lowest BCUT2D eigenvalue weighted by Crippen LogP contribution is -2.34. The maximum Gasteiger partial charge on any atom is 0.180 e. The fourth-order valence-corrected chi connectivity index (χ4v) is 3.91. The molecule has 0 spiro atoms. The Labute approximate surface area is 157 Å². The van der Waals surface area contributed by atoms with Crippen molar-refractivity contribution in [1.82, 2.24) is 19.4 Å². The van der Waals surface area contributed by atoms with Gasteiger partial charge in [-0.25, -0.2) is 4.98 Å². The lowest BCUT2D eigenvalue weighted by molar-refractivity contribution is 0.0916. The van der Waals surface area contributed by atoms with Gasteiger partial charge in [0.25, 0.3) is 0 Å². The van der Waals surface area contributed by atoms with E-state index in [-0.39, 0.29) is 5.78 Å². The summed E-state index contributed by atoms with van der Waals surface area (Å²) in [6.07, 6.45) is 7.06. The van der Waals surface area contributed by atoms with E-state index in [2.05, 4.69) is 14.9 Å². The maximum absolute atomic E-state index is 13.1. The average Bonchev–Trinajstić information content (AvgIpc) is 2.95. The molecular weight excluding hydrogens is 348 g/mol. The van der Waals surface area contributed by atoms with Crippen molar-refractivity contribution in [2.24, 2.45) is 0 Å². The van der Waals surface area contributed by atoms with Crippen LogP contribution in [-0.4, -0.2) is 44.9 Å². The predicted molar refractivity (Wildman–Crippen MR) is 103 cm³/mol. The molecule has 26 heavy (non-hydrogen) atoms. The Morgan fingerprint density at radius 3 is 2.69 bits per heavy atom. The van der Waals surface area contributed by atoms with Crippen molar-refractivity contribution in [3.63, 3.8) is 0 Å². The van der Waals surface area contributed by atoms with Crippen molar-refractivity contribution < 1.29 is 4.79 Å². The highest BCUT2D eigenvalue weighted by Crippen LogP contribution is 2.28. The molecule has 3 aromatic rings. The van der Waals surface area contributed by atoms with E-state index in [0.717, 1.165) is 35.5 Å². The summed E-state index contributed by atoms with van der Waals surface area (Å²) in [5, 5.41) is 0.447. The van der Waals surface area contributed by atoms with Crippen LogP contribution in [-0.2, 0) is 0 Å². The number of likely N-dealkylation sites (tertiary alicyclic amines) is 1. The average molecular weight is 369 g/mol. The monoisotopic (exact) mass is 368 g/mol. The zero-order chi connectivity index (χ0) is 18.1. The summed E-state index contributed by atoms with van der Waals surface area (Å²) in [5.41, 5.74) is 4.14. The molecule has 5 nitrogen and oxygen atoms in total. The fraction of sp³-hybridized carbons (Fsp3) is 0.350. The van der Waals surface area contributed by atoms with Crippen molar-refractivity contribution >= 4 is 28.4 Å². The number of carbonyl (C=O) groups is 1. The second-order valence-electron chi connectivity index (χ2n) is 6.77. The first-order valence-corrected chi connectivity index (χ1v) is 9.36. The summed E-state index contributed by atoms with van der Waals surface area (Å²) >= 11 is 5.93. The van der Waals surface area contributed by atoms with Crippen molar-refractivity contribution in [3.05, 3.63) is 53.1 Å². The third-order valence-corrected chi connectivity index (χ3v) is 5.25. The van der Waals surface area contributed by atoms with Gasteiger partial charge in [-0.2, -0.15) is 0 Å². The summed E-state index contributed by atoms with van der Waals surface area (Å²) in [7, 11) is 0. The van der Waals surface area contributed by atoms with E-state index in [1.54, 1.807) is 18.5 Å². The van der Waals surface area contributed by atoms with Crippen LogP contribution in [0.15, 0.2) is 36.7 Å². The molecule has 0 bridgehead atoms. The summed E-state index contributed by atoms with van der Waals surface area (Å²) in [4.78, 5) is 24.1. The highest BCUT2D eigenvalue weighted by Gasteiger charge is 2.24. The smallest absolute Gasteiger partial charge is 0.180 e. The van der Waals surface area contributed by atoms with Crippen LogP contribution in [0.1, 0.15) is 35.3 Å². The highest BCUT2D eigenvalue weighted by atomic mass is 35.5. The topological polar surface area (TPSA) is 51.0 Å². The normalized spacial score (nSPS) is 15.5. The molecule has 0 unspecified atom stereocenters. The largest absolute Gasteiger partial charge is 0.310 e. The number of fused-ring (bicyclic) bond motifs is 1. The Hall–Kier alpha value is -2.24. The molecule has 1 aliphatic rings. The molecule has 1 fully saturated rings. The van der Waals surface area contributed by atoms with Crippen LogP contribution in [0.5, 0.6) is 0 Å². The zero-order valence-corrected chi connectivity index (χ0v) is 15.5. The molecule has 1 saturated heterocycles. The van der Waals surface area contributed by atoms with Gasteiger partial charge in [0.05, 0.1) is 35.0 Å². The highest BCUT2D eigenvalue weighted by molar-refractivity contribution is 6.29. The van der Waals surface area contributed by atoms with Gasteiger partial charge in [0.15, 0.2) is 5.78 Å². The van der Waals surface area contributed by atoms with E-state index >= 15 is 0 Å². The summed E-state index contributed by atoms with van der Waals surface area (Å²) < 4.78 is 2.04. The number of carbonyl (C=O) groups excluding carboxylic acids is 1. The number of Topliss-reactive ketones (excluding diaryl/α,β-unsaturated/α-hetero) is 1. The predicted octanol–water partition coefficient (Wildman–Crippen LogP) is 4.05. The van der Waals surface area contributed by atoms with Gasteiger partial charge >= 0.3 is 0 Å². The van der Waals surface area contributed by atoms with Gasteiger partial charge in [0, 0.05) is 11.9 Å². The minimum atomic E-state index is 0.133. The van der Waals surface area contributed by atoms with E-state index in [1.807, 2.05) is 29.7 Å². The van der Waals surface area contributed by atoms with E-state index < -0.39 is 0 Å². The number of aromatic nitrogens is 3. The Morgan fingerprint density at radius 2 is 1.96 bits per heavy atom. The molecule has 0 atom stereocenters. The van der Waals surface area contributed by atoms with Crippen LogP contribution < -0.4 is 0 Å². The van der Waals surface area contributed by atoms with E-state index in [1.165, 1.54) is 19.3 Å². The molecule has 6 heteroatoms. The van der Waals surface area contributed by atoms with Gasteiger partial charge in [0.2, 0.25) is 0 Å². The number of hydrogen-bond acceptors (Lipinski definition) is 4. The van der Waals surface area contributed by atoms with Gasteiger partial charge in [-0.15, -0.1) is 0 Å². The first kappa shape index (κ1) is 17.2. The lowest BCUT2D eigenvalue weighted by atomic mass is 10.1. The quantitative estimate of drug-likeness (QED) is 0.515. The summed E-state index contributed by atoms with van der Waals surface area (Å²) in [6.45, 7) is 4.42. The number of nitrogens with zero attached hydrogens (tertiary/aromatic N) is 4. The second kappa shape index (κ2) is 7.17. The first-order chi connectivity index (χ1) is 12.6. The number of halogens is 1. The van der Waals surface area contributed by atoms with Crippen LogP contribution in [0.4, 0.5) is 0 Å². The number of piperidine rings is 1. The van der Waals surface area contributed by atoms with Crippen molar-refractivity contribution in [2.45, 2.75) is 26.2 Å². The lowest BCUT2D eigenvalue weighted by Gasteiger charge is -2.25. The molecule has 0 aromatic carbocycles. The van der Waals surface area contributed by atoms with Gasteiger partial charge in [-0.05, 0) is 57.1 Å². The minimum Gasteiger partial charge on any atom is -0.310 e. The Bertz CT molecular complexity index is 942. The molecule has 0 amide bonds. The Balaban J connectivity index is 1.78. The number of hydrogen-bond donors (Lipinski definition) is 0. The molecule has 4 heterocycles. The Kier molecular flexibility index (Phi) is 4.74.